The molecular formula is C13H17NO2. The first-order valence-corrected chi connectivity index (χ1v) is 5.61. The molecule has 3 nitrogen and oxygen atoms in total. The maximum atomic E-state index is 11.6. The highest BCUT2D eigenvalue weighted by molar-refractivity contribution is 5.96. The van der Waals surface area contributed by atoms with E-state index in [2.05, 4.69) is 0 Å². The van der Waals surface area contributed by atoms with Gasteiger partial charge >= 0.3 is 0 Å². The molecule has 2 rings (SSSR count). The molecule has 1 aliphatic carbocycles. The van der Waals surface area contributed by atoms with Gasteiger partial charge in [0.1, 0.15) is 0 Å². The largest absolute Gasteiger partial charge is 0.374 e. The zero-order chi connectivity index (χ0) is 11.6. The van der Waals surface area contributed by atoms with Crippen LogP contribution in [0.15, 0.2) is 24.3 Å². The van der Waals surface area contributed by atoms with E-state index in [1.54, 1.807) is 7.11 Å². The standard InChI is InChI=1S/C13H17NO2/c1-16-13(7-8-13)11-4-2-10(3-5-11)12(15)6-9-14/h2-5H,6-9,14H2,1H3. The molecule has 16 heavy (non-hydrogen) atoms. The molecular weight excluding hydrogens is 202 g/mol. The summed E-state index contributed by atoms with van der Waals surface area (Å²) in [5, 5.41) is 0. The lowest BCUT2D eigenvalue weighted by atomic mass is 10.0. The average Bonchev–Trinajstić information content (AvgIpc) is 3.10. The number of ether oxygens (including phenoxy) is 1. The molecule has 1 aromatic rings. The highest BCUT2D eigenvalue weighted by Gasteiger charge is 2.44. The first-order valence-electron chi connectivity index (χ1n) is 5.61. The van der Waals surface area contributed by atoms with Crippen LogP contribution >= 0.6 is 0 Å². The zero-order valence-electron chi connectivity index (χ0n) is 9.53. The number of carbonyl (C=O) groups is 1. The summed E-state index contributed by atoms with van der Waals surface area (Å²) in [5.74, 6) is 0.108. The molecule has 0 radical (unpaired) electrons. The Balaban J connectivity index is 2.14. The van der Waals surface area contributed by atoms with Crippen molar-refractivity contribution in [1.29, 1.82) is 0 Å². The maximum Gasteiger partial charge on any atom is 0.164 e. The Kier molecular flexibility index (Phi) is 3.08. The van der Waals surface area contributed by atoms with Crippen LogP contribution in [0.1, 0.15) is 35.2 Å². The van der Waals surface area contributed by atoms with Crippen LogP contribution in [0, 0.1) is 0 Å². The van der Waals surface area contributed by atoms with Gasteiger partial charge in [-0.05, 0) is 24.9 Å². The lowest BCUT2D eigenvalue weighted by Crippen LogP contribution is -2.10. The van der Waals surface area contributed by atoms with E-state index in [1.165, 1.54) is 5.56 Å². The Labute approximate surface area is 95.6 Å². The average molecular weight is 219 g/mol. The van der Waals surface area contributed by atoms with E-state index >= 15 is 0 Å². The molecule has 0 heterocycles. The van der Waals surface area contributed by atoms with E-state index in [9.17, 15) is 4.79 Å². The van der Waals surface area contributed by atoms with E-state index in [0.717, 1.165) is 18.4 Å². The fourth-order valence-corrected chi connectivity index (χ4v) is 1.96. The fraction of sp³-hybridized carbons (Fsp3) is 0.462. The zero-order valence-corrected chi connectivity index (χ0v) is 9.53. The van der Waals surface area contributed by atoms with E-state index in [0.29, 0.717) is 13.0 Å². The van der Waals surface area contributed by atoms with Gasteiger partial charge in [0, 0.05) is 19.1 Å². The second kappa shape index (κ2) is 4.36. The number of ketones is 1. The molecule has 3 heteroatoms. The normalized spacial score (nSPS) is 17.1. The molecule has 0 saturated heterocycles. The summed E-state index contributed by atoms with van der Waals surface area (Å²) in [6, 6.07) is 7.71. The molecule has 0 aromatic heterocycles. The SMILES string of the molecule is COC1(c2ccc(C(=O)CCN)cc2)CC1. The molecule has 0 atom stereocenters. The van der Waals surface area contributed by atoms with Crippen LogP contribution in [0.2, 0.25) is 0 Å². The summed E-state index contributed by atoms with van der Waals surface area (Å²) in [7, 11) is 1.74. The number of hydrogen-bond donors (Lipinski definition) is 1. The summed E-state index contributed by atoms with van der Waals surface area (Å²) >= 11 is 0. The van der Waals surface area contributed by atoms with Crippen molar-refractivity contribution in [2.45, 2.75) is 24.9 Å². The van der Waals surface area contributed by atoms with Crippen LogP contribution in [0.5, 0.6) is 0 Å². The van der Waals surface area contributed by atoms with Gasteiger partial charge in [0.25, 0.3) is 0 Å². The van der Waals surface area contributed by atoms with Crippen LogP contribution in [-0.4, -0.2) is 19.4 Å². The van der Waals surface area contributed by atoms with Crippen molar-refractivity contribution in [3.05, 3.63) is 35.4 Å². The van der Waals surface area contributed by atoms with Gasteiger partial charge in [0.15, 0.2) is 5.78 Å². The van der Waals surface area contributed by atoms with Gasteiger partial charge in [-0.15, -0.1) is 0 Å². The van der Waals surface area contributed by atoms with Gasteiger partial charge in [-0.3, -0.25) is 4.79 Å². The minimum absolute atomic E-state index is 0.0740. The number of methoxy groups -OCH3 is 1. The Morgan fingerprint density at radius 2 is 2.00 bits per heavy atom. The van der Waals surface area contributed by atoms with Crippen molar-refractivity contribution in [3.63, 3.8) is 0 Å². The minimum atomic E-state index is -0.0740. The first-order chi connectivity index (χ1) is 7.72. The monoisotopic (exact) mass is 219 g/mol. The molecule has 1 fully saturated rings. The number of nitrogens with two attached hydrogens (primary N) is 1. The first kappa shape index (κ1) is 11.3. The minimum Gasteiger partial charge on any atom is -0.374 e. The molecule has 1 saturated carbocycles. The maximum absolute atomic E-state index is 11.6. The Morgan fingerprint density at radius 3 is 2.44 bits per heavy atom. The molecule has 0 aliphatic heterocycles. The lowest BCUT2D eigenvalue weighted by Gasteiger charge is -2.13. The summed E-state index contributed by atoms with van der Waals surface area (Å²) in [5.41, 5.74) is 7.19. The van der Waals surface area contributed by atoms with Crippen molar-refractivity contribution in [2.24, 2.45) is 5.73 Å². The van der Waals surface area contributed by atoms with Crippen LogP contribution in [0.4, 0.5) is 0 Å². The van der Waals surface area contributed by atoms with Crippen LogP contribution in [0.25, 0.3) is 0 Å². The van der Waals surface area contributed by atoms with Crippen molar-refractivity contribution in [1.82, 2.24) is 0 Å². The lowest BCUT2D eigenvalue weighted by molar-refractivity contribution is 0.0788. The predicted octanol–water partition coefficient (Wildman–Crippen LogP) is 1.85. The number of rotatable bonds is 5. The van der Waals surface area contributed by atoms with Gasteiger partial charge in [0.2, 0.25) is 0 Å². The molecule has 1 aliphatic rings. The molecule has 0 amide bonds. The van der Waals surface area contributed by atoms with Crippen molar-refractivity contribution < 1.29 is 9.53 Å². The van der Waals surface area contributed by atoms with E-state index in [-0.39, 0.29) is 11.4 Å². The summed E-state index contributed by atoms with van der Waals surface area (Å²) in [6.07, 6.45) is 2.55. The number of Topliss-reactive ketones (excluding diaryl/α,β-unsaturated/α-hetero) is 1. The predicted molar refractivity (Wildman–Crippen MR) is 62.4 cm³/mol. The highest BCUT2D eigenvalue weighted by atomic mass is 16.5. The Morgan fingerprint density at radius 1 is 1.38 bits per heavy atom. The molecule has 86 valence electrons. The second-order valence-corrected chi connectivity index (χ2v) is 4.24. The topological polar surface area (TPSA) is 52.3 Å². The number of benzene rings is 1. The van der Waals surface area contributed by atoms with Gasteiger partial charge in [-0.2, -0.15) is 0 Å². The van der Waals surface area contributed by atoms with Gasteiger partial charge < -0.3 is 10.5 Å². The van der Waals surface area contributed by atoms with Crippen LogP contribution < -0.4 is 5.73 Å². The third-order valence-corrected chi connectivity index (χ3v) is 3.20. The van der Waals surface area contributed by atoms with Gasteiger partial charge in [-0.1, -0.05) is 24.3 Å². The van der Waals surface area contributed by atoms with E-state index in [4.69, 9.17) is 10.5 Å². The summed E-state index contributed by atoms with van der Waals surface area (Å²) in [6.45, 7) is 0.405. The molecule has 2 N–H and O–H groups in total. The van der Waals surface area contributed by atoms with E-state index < -0.39 is 0 Å². The second-order valence-electron chi connectivity index (χ2n) is 4.24. The summed E-state index contributed by atoms with van der Waals surface area (Å²) < 4.78 is 5.48. The quantitative estimate of drug-likeness (QED) is 0.769. The third kappa shape index (κ3) is 2.01. The third-order valence-electron chi connectivity index (χ3n) is 3.20. The fourth-order valence-electron chi connectivity index (χ4n) is 1.96. The van der Waals surface area contributed by atoms with Crippen molar-refractivity contribution >= 4 is 5.78 Å². The van der Waals surface area contributed by atoms with Crippen molar-refractivity contribution in [2.75, 3.05) is 13.7 Å². The smallest absolute Gasteiger partial charge is 0.164 e. The molecule has 1 aromatic carbocycles. The summed E-state index contributed by atoms with van der Waals surface area (Å²) in [4.78, 5) is 11.6. The van der Waals surface area contributed by atoms with Gasteiger partial charge in [-0.25, -0.2) is 0 Å². The Bertz CT molecular complexity index is 379. The number of carbonyl (C=O) groups excluding carboxylic acids is 1. The van der Waals surface area contributed by atoms with Gasteiger partial charge in [0.05, 0.1) is 5.60 Å². The van der Waals surface area contributed by atoms with E-state index in [1.807, 2.05) is 24.3 Å². The number of hydrogen-bond acceptors (Lipinski definition) is 3. The molecule has 0 spiro atoms. The molecule has 0 unspecified atom stereocenters. The van der Waals surface area contributed by atoms with Crippen LogP contribution in [-0.2, 0) is 10.3 Å². The van der Waals surface area contributed by atoms with Crippen molar-refractivity contribution in [3.8, 4) is 0 Å². The van der Waals surface area contributed by atoms with Crippen LogP contribution in [0.3, 0.4) is 0 Å². The highest BCUT2D eigenvalue weighted by Crippen LogP contribution is 2.48. The molecule has 0 bridgehead atoms. The Hall–Kier alpha value is -1.19.